The molecule has 0 amide bonds. The van der Waals surface area contributed by atoms with Crippen LogP contribution in [0.1, 0.15) is 18.5 Å². The number of rotatable bonds is 5. The SMILES string of the molecule is COC(=O)C(Br)CNC(C)c1cccnc1. The Morgan fingerprint density at radius 2 is 2.44 bits per heavy atom. The molecule has 0 spiro atoms. The summed E-state index contributed by atoms with van der Waals surface area (Å²) in [6.07, 6.45) is 3.54. The highest BCUT2D eigenvalue weighted by atomic mass is 79.9. The van der Waals surface area contributed by atoms with Crippen LogP contribution in [-0.2, 0) is 9.53 Å². The molecule has 1 heterocycles. The number of ether oxygens (including phenoxy) is 1. The maximum absolute atomic E-state index is 11.1. The number of hydrogen-bond acceptors (Lipinski definition) is 4. The van der Waals surface area contributed by atoms with Crippen LogP contribution < -0.4 is 5.32 Å². The lowest BCUT2D eigenvalue weighted by Gasteiger charge is -2.15. The molecule has 88 valence electrons. The standard InChI is InChI=1S/C11H15BrN2O2/c1-8(9-4-3-5-13-6-9)14-7-10(12)11(15)16-2/h3-6,8,10,14H,7H2,1-2H3. The third kappa shape index (κ3) is 3.90. The van der Waals surface area contributed by atoms with Gasteiger partial charge in [0.25, 0.3) is 0 Å². The van der Waals surface area contributed by atoms with Gasteiger partial charge in [-0.2, -0.15) is 0 Å². The highest BCUT2D eigenvalue weighted by Crippen LogP contribution is 2.10. The quantitative estimate of drug-likeness (QED) is 0.661. The molecule has 0 aliphatic heterocycles. The van der Waals surface area contributed by atoms with Gasteiger partial charge in [-0.05, 0) is 18.6 Å². The lowest BCUT2D eigenvalue weighted by molar-refractivity contribution is -0.139. The zero-order valence-electron chi connectivity index (χ0n) is 9.31. The van der Waals surface area contributed by atoms with Crippen molar-refractivity contribution in [1.82, 2.24) is 10.3 Å². The van der Waals surface area contributed by atoms with Gasteiger partial charge in [0, 0.05) is 25.0 Å². The molecule has 4 nitrogen and oxygen atoms in total. The van der Waals surface area contributed by atoms with Crippen LogP contribution in [0.4, 0.5) is 0 Å². The van der Waals surface area contributed by atoms with Crippen molar-refractivity contribution >= 4 is 21.9 Å². The molecule has 1 rings (SSSR count). The molecule has 0 aromatic carbocycles. The Morgan fingerprint density at radius 1 is 1.69 bits per heavy atom. The van der Waals surface area contributed by atoms with Gasteiger partial charge in [-0.15, -0.1) is 0 Å². The van der Waals surface area contributed by atoms with E-state index >= 15 is 0 Å². The van der Waals surface area contributed by atoms with Crippen LogP contribution in [0.2, 0.25) is 0 Å². The first-order valence-corrected chi connectivity index (χ1v) is 5.92. The van der Waals surface area contributed by atoms with E-state index in [1.165, 1.54) is 7.11 Å². The number of alkyl halides is 1. The summed E-state index contributed by atoms with van der Waals surface area (Å²) in [5.41, 5.74) is 1.09. The van der Waals surface area contributed by atoms with Crippen LogP contribution >= 0.6 is 15.9 Å². The normalized spacial score (nSPS) is 14.2. The first-order valence-electron chi connectivity index (χ1n) is 5.00. The average molecular weight is 287 g/mol. The molecule has 0 saturated carbocycles. The Bertz CT molecular complexity index is 332. The Balaban J connectivity index is 2.41. The van der Waals surface area contributed by atoms with Gasteiger partial charge in [0.1, 0.15) is 4.83 Å². The molecule has 0 fully saturated rings. The van der Waals surface area contributed by atoms with Gasteiger partial charge in [0.05, 0.1) is 7.11 Å². The molecule has 1 aromatic heterocycles. The molecule has 0 aliphatic rings. The fraction of sp³-hybridized carbons (Fsp3) is 0.455. The topological polar surface area (TPSA) is 51.2 Å². The van der Waals surface area contributed by atoms with Crippen molar-refractivity contribution in [2.45, 2.75) is 17.8 Å². The monoisotopic (exact) mass is 286 g/mol. The number of pyridine rings is 1. The Kier molecular flexibility index (Phi) is 5.42. The number of hydrogen-bond donors (Lipinski definition) is 1. The number of nitrogens with zero attached hydrogens (tertiary/aromatic N) is 1. The molecule has 16 heavy (non-hydrogen) atoms. The summed E-state index contributed by atoms with van der Waals surface area (Å²) in [6, 6.07) is 4.03. The van der Waals surface area contributed by atoms with Crippen molar-refractivity contribution in [3.63, 3.8) is 0 Å². The number of esters is 1. The van der Waals surface area contributed by atoms with Crippen LogP contribution in [0.5, 0.6) is 0 Å². The summed E-state index contributed by atoms with van der Waals surface area (Å²) in [7, 11) is 1.38. The maximum Gasteiger partial charge on any atom is 0.320 e. The average Bonchev–Trinajstić information content (AvgIpc) is 2.35. The van der Waals surface area contributed by atoms with Gasteiger partial charge >= 0.3 is 5.97 Å². The minimum atomic E-state index is -0.323. The van der Waals surface area contributed by atoms with E-state index in [-0.39, 0.29) is 16.8 Å². The maximum atomic E-state index is 11.1. The van der Waals surface area contributed by atoms with E-state index in [0.717, 1.165) is 5.56 Å². The summed E-state index contributed by atoms with van der Waals surface area (Å²) < 4.78 is 4.61. The van der Waals surface area contributed by atoms with Crippen LogP contribution in [0.25, 0.3) is 0 Å². The summed E-state index contributed by atoms with van der Waals surface area (Å²) in [6.45, 7) is 2.54. The highest BCUT2D eigenvalue weighted by molar-refractivity contribution is 9.10. The summed E-state index contributed by atoms with van der Waals surface area (Å²) in [5, 5.41) is 3.23. The molecule has 1 aromatic rings. The Morgan fingerprint density at radius 3 is 3.00 bits per heavy atom. The van der Waals surface area contributed by atoms with Crippen LogP contribution in [-0.4, -0.2) is 29.4 Å². The predicted molar refractivity (Wildman–Crippen MR) is 65.4 cm³/mol. The summed E-state index contributed by atoms with van der Waals surface area (Å²) in [5.74, 6) is -0.272. The molecule has 0 saturated heterocycles. The van der Waals surface area contributed by atoms with Gasteiger partial charge < -0.3 is 10.1 Å². The van der Waals surface area contributed by atoms with Crippen LogP contribution in [0.3, 0.4) is 0 Å². The number of carbonyl (C=O) groups excluding carboxylic acids is 1. The van der Waals surface area contributed by atoms with Crippen molar-refractivity contribution < 1.29 is 9.53 Å². The van der Waals surface area contributed by atoms with Crippen molar-refractivity contribution in [2.24, 2.45) is 0 Å². The van der Waals surface area contributed by atoms with Crippen molar-refractivity contribution in [3.05, 3.63) is 30.1 Å². The van der Waals surface area contributed by atoms with Crippen molar-refractivity contribution in [2.75, 3.05) is 13.7 Å². The van der Waals surface area contributed by atoms with E-state index in [9.17, 15) is 4.79 Å². The molecule has 5 heteroatoms. The minimum Gasteiger partial charge on any atom is -0.468 e. The van der Waals surface area contributed by atoms with Crippen LogP contribution in [0.15, 0.2) is 24.5 Å². The lowest BCUT2D eigenvalue weighted by Crippen LogP contribution is -2.31. The van der Waals surface area contributed by atoms with E-state index in [2.05, 4.69) is 31.0 Å². The Labute approximate surface area is 104 Å². The number of methoxy groups -OCH3 is 1. The molecular formula is C11H15BrN2O2. The van der Waals surface area contributed by atoms with Gasteiger partial charge in [0.15, 0.2) is 0 Å². The molecule has 1 N–H and O–H groups in total. The molecular weight excluding hydrogens is 272 g/mol. The van der Waals surface area contributed by atoms with E-state index < -0.39 is 0 Å². The summed E-state index contributed by atoms with van der Waals surface area (Å²) in [4.78, 5) is 14.9. The second-order valence-electron chi connectivity index (χ2n) is 3.41. The van der Waals surface area contributed by atoms with E-state index in [0.29, 0.717) is 6.54 Å². The van der Waals surface area contributed by atoms with E-state index in [1.54, 1.807) is 12.4 Å². The molecule has 2 unspecified atom stereocenters. The zero-order chi connectivity index (χ0) is 12.0. The van der Waals surface area contributed by atoms with Gasteiger partial charge in [-0.1, -0.05) is 22.0 Å². The Hall–Kier alpha value is -0.940. The third-order valence-electron chi connectivity index (χ3n) is 2.24. The fourth-order valence-corrected chi connectivity index (χ4v) is 1.62. The third-order valence-corrected chi connectivity index (χ3v) is 2.94. The number of carbonyl (C=O) groups is 1. The van der Waals surface area contributed by atoms with E-state index in [4.69, 9.17) is 0 Å². The molecule has 0 bridgehead atoms. The molecule has 0 radical (unpaired) electrons. The molecule has 2 atom stereocenters. The smallest absolute Gasteiger partial charge is 0.320 e. The fourth-order valence-electron chi connectivity index (χ4n) is 1.24. The van der Waals surface area contributed by atoms with Gasteiger partial charge in [0.2, 0.25) is 0 Å². The van der Waals surface area contributed by atoms with Crippen molar-refractivity contribution in [3.8, 4) is 0 Å². The van der Waals surface area contributed by atoms with Gasteiger partial charge in [-0.3, -0.25) is 9.78 Å². The minimum absolute atomic E-state index is 0.151. The van der Waals surface area contributed by atoms with E-state index in [1.807, 2.05) is 19.1 Å². The largest absolute Gasteiger partial charge is 0.468 e. The lowest BCUT2D eigenvalue weighted by atomic mass is 10.1. The molecule has 0 aliphatic carbocycles. The predicted octanol–water partition coefficient (Wildman–Crippen LogP) is 1.67. The second-order valence-corrected chi connectivity index (χ2v) is 4.51. The highest BCUT2D eigenvalue weighted by Gasteiger charge is 2.16. The zero-order valence-corrected chi connectivity index (χ0v) is 10.9. The first-order chi connectivity index (χ1) is 7.65. The second kappa shape index (κ2) is 6.60. The first kappa shape index (κ1) is 13.1. The van der Waals surface area contributed by atoms with Crippen LogP contribution in [0, 0.1) is 0 Å². The van der Waals surface area contributed by atoms with Crippen molar-refractivity contribution in [1.29, 1.82) is 0 Å². The number of halogens is 1. The van der Waals surface area contributed by atoms with Gasteiger partial charge in [-0.25, -0.2) is 0 Å². The number of nitrogens with one attached hydrogen (secondary N) is 1. The number of aromatic nitrogens is 1. The summed E-state index contributed by atoms with van der Waals surface area (Å²) >= 11 is 3.25.